The molecule has 0 bridgehead atoms. The summed E-state index contributed by atoms with van der Waals surface area (Å²) in [6.45, 7) is 6.88. The summed E-state index contributed by atoms with van der Waals surface area (Å²) in [7, 11) is 0. The molecule has 2 heterocycles. The van der Waals surface area contributed by atoms with Gasteiger partial charge in [-0.15, -0.1) is 0 Å². The van der Waals surface area contributed by atoms with Gasteiger partial charge in [0, 0.05) is 50.2 Å². The molecule has 0 radical (unpaired) electrons. The van der Waals surface area contributed by atoms with Crippen LogP contribution in [0.1, 0.15) is 26.1 Å². The largest absolute Gasteiger partial charge is 0.333 e. The molecular formula is C16H24N4O. The summed E-state index contributed by atoms with van der Waals surface area (Å²) in [5.74, 6) is 1.12. The van der Waals surface area contributed by atoms with Crippen LogP contribution in [-0.4, -0.2) is 26.7 Å². The normalized spacial score (nSPS) is 12.5. The number of nitrogens with one attached hydrogen (secondary N) is 1. The van der Waals surface area contributed by atoms with Crippen LogP contribution in [0.25, 0.3) is 0 Å². The number of nitrogens with zero attached hydrogens (tertiary/aromatic N) is 3. The summed E-state index contributed by atoms with van der Waals surface area (Å²) in [5.41, 5.74) is 0.0663. The molecule has 2 aromatic rings. The van der Waals surface area contributed by atoms with Gasteiger partial charge in [0.05, 0.1) is 0 Å². The van der Waals surface area contributed by atoms with E-state index in [1.165, 1.54) is 0 Å². The Bertz CT molecular complexity index is 602. The zero-order valence-corrected chi connectivity index (χ0v) is 12.8. The van der Waals surface area contributed by atoms with E-state index in [2.05, 4.69) is 28.7 Å². The number of aryl methyl sites for hydroxylation is 2. The summed E-state index contributed by atoms with van der Waals surface area (Å²) in [6, 6.07) is 5.65. The van der Waals surface area contributed by atoms with E-state index in [9.17, 15) is 4.79 Å². The number of rotatable bonds is 8. The van der Waals surface area contributed by atoms with Gasteiger partial charge in [-0.3, -0.25) is 4.79 Å². The molecular weight excluding hydrogens is 264 g/mol. The second-order valence-corrected chi connectivity index (χ2v) is 5.29. The highest BCUT2D eigenvalue weighted by Crippen LogP contribution is 2.00. The Morgan fingerprint density at radius 1 is 1.29 bits per heavy atom. The SMILES string of the molecule is CCc1nccn1C[C@@H](C)NCCCn1ccccc1=O. The summed E-state index contributed by atoms with van der Waals surface area (Å²) in [5, 5.41) is 3.50. The van der Waals surface area contributed by atoms with E-state index in [4.69, 9.17) is 0 Å². The van der Waals surface area contributed by atoms with Crippen LogP contribution in [0.4, 0.5) is 0 Å². The fraction of sp³-hybridized carbons (Fsp3) is 0.500. The Morgan fingerprint density at radius 2 is 2.14 bits per heavy atom. The summed E-state index contributed by atoms with van der Waals surface area (Å²) >= 11 is 0. The standard InChI is InChI=1S/C16H24N4O/c1-3-15-18-9-12-20(15)13-14(2)17-8-6-11-19-10-5-4-7-16(19)21/h4-5,7,9-10,12,14,17H,3,6,8,11,13H2,1-2H3/t14-/m1/s1. The third kappa shape index (κ3) is 4.56. The zero-order valence-electron chi connectivity index (χ0n) is 12.8. The number of pyridine rings is 1. The van der Waals surface area contributed by atoms with Gasteiger partial charge in [0.15, 0.2) is 0 Å². The quantitative estimate of drug-likeness (QED) is 0.752. The number of imidazole rings is 1. The molecule has 0 fully saturated rings. The maximum Gasteiger partial charge on any atom is 0.250 e. The average Bonchev–Trinajstić information content (AvgIpc) is 2.92. The highest BCUT2D eigenvalue weighted by atomic mass is 16.1. The van der Waals surface area contributed by atoms with E-state index >= 15 is 0 Å². The Morgan fingerprint density at radius 3 is 2.90 bits per heavy atom. The number of hydrogen-bond donors (Lipinski definition) is 1. The van der Waals surface area contributed by atoms with Crippen molar-refractivity contribution >= 4 is 0 Å². The highest BCUT2D eigenvalue weighted by Gasteiger charge is 2.05. The van der Waals surface area contributed by atoms with Crippen LogP contribution in [0.5, 0.6) is 0 Å². The van der Waals surface area contributed by atoms with E-state index < -0.39 is 0 Å². The first-order valence-corrected chi connectivity index (χ1v) is 7.59. The molecule has 114 valence electrons. The lowest BCUT2D eigenvalue weighted by Gasteiger charge is -2.16. The van der Waals surface area contributed by atoms with Gasteiger partial charge in [-0.2, -0.15) is 0 Å². The van der Waals surface area contributed by atoms with E-state index in [1.54, 1.807) is 16.7 Å². The average molecular weight is 288 g/mol. The van der Waals surface area contributed by atoms with Crippen molar-refractivity contribution in [3.8, 4) is 0 Å². The molecule has 0 aliphatic rings. The van der Waals surface area contributed by atoms with Crippen LogP contribution in [0.15, 0.2) is 41.6 Å². The monoisotopic (exact) mass is 288 g/mol. The molecule has 0 aromatic carbocycles. The Balaban J connectivity index is 1.71. The van der Waals surface area contributed by atoms with E-state index in [0.29, 0.717) is 6.04 Å². The van der Waals surface area contributed by atoms with Crippen molar-refractivity contribution in [2.24, 2.45) is 0 Å². The minimum Gasteiger partial charge on any atom is -0.333 e. The van der Waals surface area contributed by atoms with Gasteiger partial charge in [-0.05, 0) is 26.0 Å². The lowest BCUT2D eigenvalue weighted by Crippen LogP contribution is -2.32. The molecule has 21 heavy (non-hydrogen) atoms. The van der Waals surface area contributed by atoms with Gasteiger partial charge >= 0.3 is 0 Å². The second kappa shape index (κ2) is 7.78. The van der Waals surface area contributed by atoms with Crippen LogP contribution in [0.2, 0.25) is 0 Å². The van der Waals surface area contributed by atoms with E-state index in [0.717, 1.165) is 38.3 Å². The van der Waals surface area contributed by atoms with Gasteiger partial charge < -0.3 is 14.5 Å². The Labute approximate surface area is 125 Å². The van der Waals surface area contributed by atoms with E-state index in [-0.39, 0.29) is 5.56 Å². The Kier molecular flexibility index (Phi) is 5.75. The zero-order chi connectivity index (χ0) is 15.1. The number of aromatic nitrogens is 3. The molecule has 0 spiro atoms. The topological polar surface area (TPSA) is 51.9 Å². The summed E-state index contributed by atoms with van der Waals surface area (Å²) < 4.78 is 3.94. The third-order valence-electron chi connectivity index (χ3n) is 3.56. The van der Waals surface area contributed by atoms with Crippen molar-refractivity contribution < 1.29 is 0 Å². The first-order chi connectivity index (χ1) is 10.2. The van der Waals surface area contributed by atoms with Crippen LogP contribution in [0.3, 0.4) is 0 Å². The van der Waals surface area contributed by atoms with Gasteiger partial charge in [0.25, 0.3) is 0 Å². The van der Waals surface area contributed by atoms with Crippen molar-refractivity contribution in [1.29, 1.82) is 0 Å². The fourth-order valence-electron chi connectivity index (χ4n) is 2.42. The molecule has 1 N–H and O–H groups in total. The predicted octanol–water partition coefficient (Wildman–Crippen LogP) is 1.68. The molecule has 2 rings (SSSR count). The van der Waals surface area contributed by atoms with Crippen LogP contribution < -0.4 is 10.9 Å². The van der Waals surface area contributed by atoms with Gasteiger partial charge in [0.2, 0.25) is 5.56 Å². The maximum absolute atomic E-state index is 11.6. The first kappa shape index (κ1) is 15.5. The van der Waals surface area contributed by atoms with Crippen molar-refractivity contribution in [1.82, 2.24) is 19.4 Å². The second-order valence-electron chi connectivity index (χ2n) is 5.29. The van der Waals surface area contributed by atoms with Gasteiger partial charge in [-0.25, -0.2) is 4.98 Å². The molecule has 0 unspecified atom stereocenters. The first-order valence-electron chi connectivity index (χ1n) is 7.59. The molecule has 5 nitrogen and oxygen atoms in total. The minimum absolute atomic E-state index is 0.0663. The Hall–Kier alpha value is -1.88. The van der Waals surface area contributed by atoms with Gasteiger partial charge in [-0.1, -0.05) is 13.0 Å². The van der Waals surface area contributed by atoms with Crippen molar-refractivity contribution in [3.63, 3.8) is 0 Å². The predicted molar refractivity (Wildman–Crippen MR) is 84.4 cm³/mol. The van der Waals surface area contributed by atoms with Crippen molar-refractivity contribution in [3.05, 3.63) is 53.0 Å². The molecule has 0 amide bonds. The summed E-state index contributed by atoms with van der Waals surface area (Å²) in [4.78, 5) is 15.9. The molecule has 0 aliphatic carbocycles. The lowest BCUT2D eigenvalue weighted by molar-refractivity contribution is 0.453. The summed E-state index contributed by atoms with van der Waals surface area (Å²) in [6.07, 6.45) is 7.62. The molecule has 0 saturated heterocycles. The smallest absolute Gasteiger partial charge is 0.250 e. The lowest BCUT2D eigenvalue weighted by atomic mass is 10.3. The van der Waals surface area contributed by atoms with Crippen LogP contribution in [0, 0.1) is 0 Å². The highest BCUT2D eigenvalue weighted by molar-refractivity contribution is 4.93. The van der Waals surface area contributed by atoms with E-state index in [1.807, 2.05) is 24.7 Å². The van der Waals surface area contributed by atoms with Crippen molar-refractivity contribution in [2.75, 3.05) is 6.54 Å². The molecule has 0 saturated carbocycles. The molecule has 5 heteroatoms. The third-order valence-corrected chi connectivity index (χ3v) is 3.56. The molecule has 2 aromatic heterocycles. The molecule has 1 atom stereocenters. The van der Waals surface area contributed by atoms with Crippen LogP contribution >= 0.6 is 0 Å². The fourth-order valence-corrected chi connectivity index (χ4v) is 2.42. The molecule has 0 aliphatic heterocycles. The van der Waals surface area contributed by atoms with Crippen molar-refractivity contribution in [2.45, 2.75) is 45.8 Å². The van der Waals surface area contributed by atoms with Gasteiger partial charge in [0.1, 0.15) is 5.82 Å². The minimum atomic E-state index is 0.0663. The number of hydrogen-bond acceptors (Lipinski definition) is 3. The maximum atomic E-state index is 11.6. The van der Waals surface area contributed by atoms with Crippen LogP contribution in [-0.2, 0) is 19.5 Å².